The van der Waals surface area contributed by atoms with Crippen molar-refractivity contribution in [3.8, 4) is 5.75 Å². The van der Waals surface area contributed by atoms with Crippen LogP contribution in [0.4, 0.5) is 17.6 Å². The normalized spacial score (nSPS) is 33.8. The lowest BCUT2D eigenvalue weighted by Gasteiger charge is -2.47. The Morgan fingerprint density at radius 3 is 1.85 bits per heavy atom. The fourth-order valence-corrected chi connectivity index (χ4v) is 4.56. The number of rotatable bonds is 9. The van der Waals surface area contributed by atoms with E-state index in [-0.39, 0.29) is 0 Å². The van der Waals surface area contributed by atoms with Gasteiger partial charge >= 0.3 is 0 Å². The second-order valence-electron chi connectivity index (χ2n) is 9.15. The van der Waals surface area contributed by atoms with Gasteiger partial charge in [0.05, 0.1) is 26.4 Å². The number of methoxy groups -OCH3 is 2. The maximum atomic E-state index is 14.5. The third-order valence-corrected chi connectivity index (χ3v) is 6.58. The summed E-state index contributed by atoms with van der Waals surface area (Å²) in [6.45, 7) is -0.604. The Morgan fingerprint density at radius 1 is 0.805 bits per heavy atom. The van der Waals surface area contributed by atoms with Gasteiger partial charge in [0.25, 0.3) is 5.91 Å². The number of aliphatic hydroxyl groups excluding tert-OH is 5. The molecule has 2 heterocycles. The van der Waals surface area contributed by atoms with Crippen molar-refractivity contribution in [2.45, 2.75) is 68.2 Å². The SMILES string of the molecule is COc1c(F)c(F)c(C(=O)N[C@@H]2[C@@H](O)[C@@H](CO)O[C@@H](O[C@H]3[C@H](O)[C@H](NC(C)=O)[C@@H](OC)O[C@@H]3CO)[C@@H]2O)c(F)c1F. The fraction of sp³-hybridized carbons (Fsp3) is 0.652. The first-order valence-corrected chi connectivity index (χ1v) is 12.1. The first kappa shape index (κ1) is 32.8. The van der Waals surface area contributed by atoms with E-state index < -0.39 is 121 Å². The van der Waals surface area contributed by atoms with Crippen LogP contribution in [-0.2, 0) is 23.7 Å². The number of benzene rings is 1. The van der Waals surface area contributed by atoms with Gasteiger partial charge in [-0.25, -0.2) is 8.78 Å². The zero-order chi connectivity index (χ0) is 30.8. The lowest BCUT2D eigenvalue weighted by atomic mass is 9.94. The number of hydrogen-bond acceptors (Lipinski definition) is 12. The van der Waals surface area contributed by atoms with Crippen molar-refractivity contribution in [1.29, 1.82) is 0 Å². The summed E-state index contributed by atoms with van der Waals surface area (Å²) in [5, 5.41) is 56.0. The highest BCUT2D eigenvalue weighted by Gasteiger charge is 2.52. The molecule has 10 atom stereocenters. The first-order chi connectivity index (χ1) is 19.3. The molecular formula is C23H30F4N2O12. The zero-order valence-electron chi connectivity index (χ0n) is 21.8. The van der Waals surface area contributed by atoms with Crippen LogP contribution in [0.5, 0.6) is 5.75 Å². The first-order valence-electron chi connectivity index (χ1n) is 12.1. The Bertz CT molecular complexity index is 1090. The topological polar surface area (TPSA) is 205 Å². The molecule has 0 saturated carbocycles. The molecule has 2 aliphatic heterocycles. The number of amides is 2. The summed E-state index contributed by atoms with van der Waals surface area (Å²) in [7, 11) is 1.93. The third kappa shape index (κ3) is 6.40. The summed E-state index contributed by atoms with van der Waals surface area (Å²) in [5.41, 5.74) is -1.75. The Labute approximate surface area is 229 Å². The predicted molar refractivity (Wildman–Crippen MR) is 123 cm³/mol. The van der Waals surface area contributed by atoms with E-state index in [0.717, 1.165) is 14.0 Å². The van der Waals surface area contributed by atoms with E-state index in [1.54, 1.807) is 0 Å². The van der Waals surface area contributed by atoms with Gasteiger partial charge in [0.1, 0.15) is 48.2 Å². The van der Waals surface area contributed by atoms with E-state index in [0.29, 0.717) is 0 Å². The number of carbonyl (C=O) groups excluding carboxylic acids is 2. The quantitative estimate of drug-likeness (QED) is 0.115. The van der Waals surface area contributed by atoms with Crippen molar-refractivity contribution in [2.24, 2.45) is 0 Å². The largest absolute Gasteiger partial charge is 0.491 e. The van der Waals surface area contributed by atoms with Crippen LogP contribution in [0.25, 0.3) is 0 Å². The summed E-state index contributed by atoms with van der Waals surface area (Å²) in [6, 6.07) is -3.20. The highest BCUT2D eigenvalue weighted by molar-refractivity contribution is 5.95. The molecule has 232 valence electrons. The van der Waals surface area contributed by atoms with Gasteiger partial charge in [-0.1, -0.05) is 0 Å². The monoisotopic (exact) mass is 602 g/mol. The minimum atomic E-state index is -2.13. The van der Waals surface area contributed by atoms with Crippen LogP contribution in [0.1, 0.15) is 17.3 Å². The van der Waals surface area contributed by atoms with Crippen LogP contribution in [0.15, 0.2) is 0 Å². The van der Waals surface area contributed by atoms with E-state index >= 15 is 0 Å². The molecule has 18 heteroatoms. The Morgan fingerprint density at radius 2 is 1.37 bits per heavy atom. The van der Waals surface area contributed by atoms with Crippen molar-refractivity contribution >= 4 is 11.8 Å². The van der Waals surface area contributed by atoms with Crippen molar-refractivity contribution in [3.05, 3.63) is 28.8 Å². The number of nitrogens with one attached hydrogen (secondary N) is 2. The molecule has 1 aromatic rings. The van der Waals surface area contributed by atoms with Gasteiger partial charge in [-0.3, -0.25) is 9.59 Å². The van der Waals surface area contributed by atoms with E-state index in [2.05, 4.69) is 10.1 Å². The Balaban J connectivity index is 1.90. The summed E-state index contributed by atoms with van der Waals surface area (Å²) in [6.07, 6.45) is -13.5. The van der Waals surface area contributed by atoms with Crippen LogP contribution < -0.4 is 15.4 Å². The molecule has 0 spiro atoms. The van der Waals surface area contributed by atoms with Crippen molar-refractivity contribution < 1.29 is 76.4 Å². The molecule has 2 fully saturated rings. The van der Waals surface area contributed by atoms with Crippen LogP contribution in [0.3, 0.4) is 0 Å². The van der Waals surface area contributed by atoms with Gasteiger partial charge in [-0.15, -0.1) is 0 Å². The van der Waals surface area contributed by atoms with Crippen LogP contribution in [0.2, 0.25) is 0 Å². The van der Waals surface area contributed by atoms with E-state index in [4.69, 9.17) is 18.9 Å². The molecule has 0 radical (unpaired) electrons. The van der Waals surface area contributed by atoms with Gasteiger partial charge in [0, 0.05) is 14.0 Å². The second kappa shape index (κ2) is 13.5. The molecule has 41 heavy (non-hydrogen) atoms. The molecule has 0 unspecified atom stereocenters. The van der Waals surface area contributed by atoms with E-state index in [9.17, 15) is 52.7 Å². The van der Waals surface area contributed by atoms with Gasteiger partial charge in [-0.2, -0.15) is 8.78 Å². The van der Waals surface area contributed by atoms with Crippen molar-refractivity contribution in [2.75, 3.05) is 27.4 Å². The fourth-order valence-electron chi connectivity index (χ4n) is 4.56. The molecule has 0 bridgehead atoms. The van der Waals surface area contributed by atoms with E-state index in [1.807, 2.05) is 5.32 Å². The predicted octanol–water partition coefficient (Wildman–Crippen LogP) is -2.60. The molecule has 7 N–H and O–H groups in total. The molecule has 14 nitrogen and oxygen atoms in total. The summed E-state index contributed by atoms with van der Waals surface area (Å²) in [5.74, 6) is -12.2. The standard InChI is InChI=1S/C23H30F4N2O12/c1-6(32)28-15-17(34)19(8(5-31)40-22(15)38-3)41-23-18(35)14(16(33)7(4-30)39-23)29-21(36)9-10(24)12(26)20(37-2)13(27)11(9)25/h7-8,14-19,22-23,30-31,33-35H,4-5H2,1-3H3,(H,28,32)(H,29,36)/t7-,8-,14-,15+,16+,17-,18-,19-,22+,23+/m1/s1. The molecule has 2 saturated heterocycles. The van der Waals surface area contributed by atoms with Crippen molar-refractivity contribution in [3.63, 3.8) is 0 Å². The number of hydrogen-bond donors (Lipinski definition) is 7. The minimum Gasteiger partial charge on any atom is -0.491 e. The maximum Gasteiger partial charge on any atom is 0.257 e. The number of halogens is 4. The summed E-state index contributed by atoms with van der Waals surface area (Å²) >= 11 is 0. The number of aliphatic hydroxyl groups is 5. The third-order valence-electron chi connectivity index (χ3n) is 6.58. The molecule has 0 aromatic heterocycles. The molecule has 3 rings (SSSR count). The van der Waals surface area contributed by atoms with Crippen LogP contribution >= 0.6 is 0 Å². The van der Waals surface area contributed by atoms with Gasteiger partial charge < -0.3 is 59.9 Å². The molecular weight excluding hydrogens is 572 g/mol. The molecule has 2 amide bonds. The summed E-state index contributed by atoms with van der Waals surface area (Å²) < 4.78 is 83.1. The molecule has 0 aliphatic carbocycles. The smallest absolute Gasteiger partial charge is 0.257 e. The maximum absolute atomic E-state index is 14.5. The average Bonchev–Trinajstić information content (AvgIpc) is 2.93. The second-order valence-corrected chi connectivity index (χ2v) is 9.15. The minimum absolute atomic E-state index is 0.605. The molecule has 1 aromatic carbocycles. The lowest BCUT2D eigenvalue weighted by molar-refractivity contribution is -0.336. The van der Waals surface area contributed by atoms with Gasteiger partial charge in [-0.05, 0) is 0 Å². The van der Waals surface area contributed by atoms with Crippen LogP contribution in [-0.4, -0.2) is 126 Å². The van der Waals surface area contributed by atoms with E-state index in [1.165, 1.54) is 7.11 Å². The Kier molecular flexibility index (Phi) is 10.8. The summed E-state index contributed by atoms with van der Waals surface area (Å²) in [4.78, 5) is 24.4. The lowest BCUT2D eigenvalue weighted by Crippen LogP contribution is -2.69. The Hall–Kier alpha value is -2.68. The average molecular weight is 602 g/mol. The zero-order valence-corrected chi connectivity index (χ0v) is 21.8. The highest BCUT2D eigenvalue weighted by atomic mass is 19.2. The highest BCUT2D eigenvalue weighted by Crippen LogP contribution is 2.32. The van der Waals surface area contributed by atoms with Gasteiger partial charge in [0.15, 0.2) is 30.0 Å². The number of ether oxygens (including phenoxy) is 5. The molecule has 2 aliphatic rings. The van der Waals surface area contributed by atoms with Gasteiger partial charge in [0.2, 0.25) is 17.5 Å². The number of carbonyl (C=O) groups is 2. The van der Waals surface area contributed by atoms with Crippen LogP contribution in [0, 0.1) is 23.3 Å². The van der Waals surface area contributed by atoms with Crippen molar-refractivity contribution in [1.82, 2.24) is 10.6 Å².